The average Bonchev–Trinajstić information content (AvgIpc) is 2.94. The summed E-state index contributed by atoms with van der Waals surface area (Å²) >= 11 is 0. The minimum absolute atomic E-state index is 0.0725. The van der Waals surface area contributed by atoms with Crippen LogP contribution >= 0.6 is 0 Å². The number of nitrogens with two attached hydrogens (primary N) is 1. The lowest BCUT2D eigenvalue weighted by molar-refractivity contribution is 0.304. The third-order valence-corrected chi connectivity index (χ3v) is 5.99. The van der Waals surface area contributed by atoms with E-state index < -0.39 is 10.0 Å². The molecule has 0 aliphatic heterocycles. The summed E-state index contributed by atoms with van der Waals surface area (Å²) in [6, 6.07) is 8.17. The summed E-state index contributed by atoms with van der Waals surface area (Å²) in [7, 11) is -2.07. The van der Waals surface area contributed by atoms with Crippen LogP contribution in [0.4, 0.5) is 0 Å². The first kappa shape index (κ1) is 15.0. The molecule has 1 aliphatic rings. The van der Waals surface area contributed by atoms with Gasteiger partial charge in [-0.05, 0) is 37.4 Å². The van der Waals surface area contributed by atoms with Crippen LogP contribution in [0.3, 0.4) is 0 Å². The first-order valence-corrected chi connectivity index (χ1v) is 8.13. The van der Waals surface area contributed by atoms with Crippen LogP contribution in [0.25, 0.3) is 0 Å². The Morgan fingerprint density at radius 3 is 2.75 bits per heavy atom. The average molecular weight is 293 g/mol. The molecule has 1 aliphatic carbocycles. The molecule has 0 amide bonds. The maximum Gasteiger partial charge on any atom is 0.244 e. The normalized spacial score (nSPS) is 22.9. The minimum atomic E-state index is -3.65. The molecule has 1 aromatic carbocycles. The van der Waals surface area contributed by atoms with Crippen molar-refractivity contribution >= 4 is 10.0 Å². The molecule has 2 rings (SSSR count). The Balaban J connectivity index is 2.37. The van der Waals surface area contributed by atoms with Gasteiger partial charge in [0.15, 0.2) is 0 Å². The quantitative estimate of drug-likeness (QED) is 0.906. The molecule has 1 fully saturated rings. The summed E-state index contributed by atoms with van der Waals surface area (Å²) in [6.45, 7) is 0.490. The molecule has 1 saturated carbocycles. The highest BCUT2D eigenvalue weighted by atomic mass is 32.2. The first-order valence-electron chi connectivity index (χ1n) is 6.69. The second-order valence-corrected chi connectivity index (χ2v) is 7.09. The standard InChI is InChI=1S/C14H19N3O2S/c1-17(13-7-4-6-11(13)9-15)20(18,19)14-8-3-2-5-12(14)10-16/h2-3,5,8,11,13H,4,6-7,9,15H2,1H3. The van der Waals surface area contributed by atoms with Crippen LogP contribution in [0.5, 0.6) is 0 Å². The maximum atomic E-state index is 12.7. The van der Waals surface area contributed by atoms with Gasteiger partial charge in [-0.15, -0.1) is 0 Å². The summed E-state index contributed by atoms with van der Waals surface area (Å²) in [5, 5.41) is 9.07. The van der Waals surface area contributed by atoms with Crippen molar-refractivity contribution in [2.24, 2.45) is 11.7 Å². The van der Waals surface area contributed by atoms with Gasteiger partial charge in [0.1, 0.15) is 6.07 Å². The van der Waals surface area contributed by atoms with Crippen LogP contribution in [-0.4, -0.2) is 32.4 Å². The van der Waals surface area contributed by atoms with Crippen LogP contribution in [0.15, 0.2) is 29.2 Å². The highest BCUT2D eigenvalue weighted by Crippen LogP contribution is 2.32. The molecule has 0 spiro atoms. The molecule has 0 bridgehead atoms. The van der Waals surface area contributed by atoms with E-state index in [0.717, 1.165) is 19.3 Å². The van der Waals surface area contributed by atoms with Gasteiger partial charge in [0.25, 0.3) is 0 Å². The largest absolute Gasteiger partial charge is 0.330 e. The lowest BCUT2D eigenvalue weighted by atomic mass is 10.0. The molecule has 2 N–H and O–H groups in total. The van der Waals surface area contributed by atoms with Gasteiger partial charge < -0.3 is 5.73 Å². The number of sulfonamides is 1. The SMILES string of the molecule is CN(C1CCCC1CN)S(=O)(=O)c1ccccc1C#N. The van der Waals surface area contributed by atoms with E-state index in [-0.39, 0.29) is 22.4 Å². The van der Waals surface area contributed by atoms with Crippen LogP contribution in [0.2, 0.25) is 0 Å². The molecule has 1 aromatic rings. The van der Waals surface area contributed by atoms with Crippen molar-refractivity contribution in [1.29, 1.82) is 5.26 Å². The number of hydrogen-bond acceptors (Lipinski definition) is 4. The van der Waals surface area contributed by atoms with Crippen LogP contribution in [-0.2, 0) is 10.0 Å². The van der Waals surface area contributed by atoms with E-state index in [2.05, 4.69) is 0 Å². The summed E-state index contributed by atoms with van der Waals surface area (Å²) in [4.78, 5) is 0.0765. The highest BCUT2D eigenvalue weighted by Gasteiger charge is 2.36. The molecular weight excluding hydrogens is 274 g/mol. The Bertz CT molecular complexity index is 622. The number of nitriles is 1. The topological polar surface area (TPSA) is 87.2 Å². The number of rotatable bonds is 4. The van der Waals surface area contributed by atoms with Crippen LogP contribution < -0.4 is 5.73 Å². The molecule has 5 nitrogen and oxygen atoms in total. The highest BCUT2D eigenvalue weighted by molar-refractivity contribution is 7.89. The number of hydrogen-bond donors (Lipinski definition) is 1. The molecule has 108 valence electrons. The lowest BCUT2D eigenvalue weighted by Crippen LogP contribution is -2.41. The van der Waals surface area contributed by atoms with E-state index in [0.29, 0.717) is 6.54 Å². The van der Waals surface area contributed by atoms with Gasteiger partial charge in [-0.25, -0.2) is 8.42 Å². The Morgan fingerprint density at radius 2 is 2.10 bits per heavy atom. The molecule has 6 heteroatoms. The number of benzene rings is 1. The van der Waals surface area contributed by atoms with Crippen molar-refractivity contribution < 1.29 is 8.42 Å². The van der Waals surface area contributed by atoms with Gasteiger partial charge in [-0.3, -0.25) is 0 Å². The second kappa shape index (κ2) is 5.92. The molecule has 0 heterocycles. The predicted molar refractivity (Wildman–Crippen MR) is 76.3 cm³/mol. The van der Waals surface area contributed by atoms with E-state index in [1.54, 1.807) is 19.2 Å². The van der Waals surface area contributed by atoms with E-state index in [9.17, 15) is 8.42 Å². The fourth-order valence-electron chi connectivity index (χ4n) is 2.89. The Kier molecular flexibility index (Phi) is 4.43. The zero-order valence-corrected chi connectivity index (χ0v) is 12.3. The van der Waals surface area contributed by atoms with E-state index in [1.807, 2.05) is 6.07 Å². The Labute approximate surface area is 120 Å². The fraction of sp³-hybridized carbons (Fsp3) is 0.500. The van der Waals surface area contributed by atoms with Crippen molar-refractivity contribution in [2.45, 2.75) is 30.2 Å². The van der Waals surface area contributed by atoms with Crippen molar-refractivity contribution in [2.75, 3.05) is 13.6 Å². The van der Waals surface area contributed by atoms with Gasteiger partial charge >= 0.3 is 0 Å². The molecule has 2 atom stereocenters. The van der Waals surface area contributed by atoms with E-state index in [4.69, 9.17) is 11.0 Å². The zero-order valence-electron chi connectivity index (χ0n) is 11.5. The van der Waals surface area contributed by atoms with Crippen molar-refractivity contribution in [3.63, 3.8) is 0 Å². The van der Waals surface area contributed by atoms with Crippen LogP contribution in [0.1, 0.15) is 24.8 Å². The number of nitrogens with zero attached hydrogens (tertiary/aromatic N) is 2. The summed E-state index contributed by atoms with van der Waals surface area (Å²) in [5.74, 6) is 0.198. The van der Waals surface area contributed by atoms with Gasteiger partial charge in [-0.1, -0.05) is 18.6 Å². The summed E-state index contributed by atoms with van der Waals surface area (Å²) < 4.78 is 26.8. The maximum absolute atomic E-state index is 12.7. The summed E-state index contributed by atoms with van der Waals surface area (Å²) in [5.41, 5.74) is 5.91. The van der Waals surface area contributed by atoms with Crippen molar-refractivity contribution in [1.82, 2.24) is 4.31 Å². The molecule has 0 aromatic heterocycles. The zero-order chi connectivity index (χ0) is 14.8. The van der Waals surface area contributed by atoms with Crippen LogP contribution in [0, 0.1) is 17.2 Å². The second-order valence-electron chi connectivity index (χ2n) is 5.12. The van der Waals surface area contributed by atoms with E-state index >= 15 is 0 Å². The Hall–Kier alpha value is -1.42. The third-order valence-electron chi connectivity index (χ3n) is 4.05. The van der Waals surface area contributed by atoms with Crippen molar-refractivity contribution in [3.05, 3.63) is 29.8 Å². The monoisotopic (exact) mass is 293 g/mol. The smallest absolute Gasteiger partial charge is 0.244 e. The summed E-state index contributed by atoms with van der Waals surface area (Å²) in [6.07, 6.45) is 2.78. The van der Waals surface area contributed by atoms with Gasteiger partial charge in [-0.2, -0.15) is 9.57 Å². The van der Waals surface area contributed by atoms with Gasteiger partial charge in [0, 0.05) is 13.1 Å². The lowest BCUT2D eigenvalue weighted by Gasteiger charge is -2.28. The minimum Gasteiger partial charge on any atom is -0.330 e. The van der Waals surface area contributed by atoms with Gasteiger partial charge in [0.05, 0.1) is 10.5 Å². The molecule has 20 heavy (non-hydrogen) atoms. The Morgan fingerprint density at radius 1 is 1.40 bits per heavy atom. The molecule has 0 saturated heterocycles. The molecule has 0 radical (unpaired) electrons. The van der Waals surface area contributed by atoms with Crippen molar-refractivity contribution in [3.8, 4) is 6.07 Å². The molecular formula is C14H19N3O2S. The first-order chi connectivity index (χ1) is 9.52. The van der Waals surface area contributed by atoms with E-state index in [1.165, 1.54) is 16.4 Å². The molecule has 2 unspecified atom stereocenters. The fourth-order valence-corrected chi connectivity index (χ4v) is 4.47. The predicted octanol–water partition coefficient (Wildman–Crippen LogP) is 1.31. The van der Waals surface area contributed by atoms with Gasteiger partial charge in [0.2, 0.25) is 10.0 Å². The third kappa shape index (κ3) is 2.57.